The summed E-state index contributed by atoms with van der Waals surface area (Å²) in [4.78, 5) is 13.6. The van der Waals surface area contributed by atoms with Crippen LogP contribution in [0.4, 0.5) is 0 Å². The van der Waals surface area contributed by atoms with Crippen molar-refractivity contribution in [2.45, 2.75) is 32.3 Å². The van der Waals surface area contributed by atoms with Gasteiger partial charge in [0, 0.05) is 19.6 Å². The van der Waals surface area contributed by atoms with Gasteiger partial charge in [0.25, 0.3) is 0 Å². The van der Waals surface area contributed by atoms with Gasteiger partial charge in [-0.1, -0.05) is 12.8 Å². The highest BCUT2D eigenvalue weighted by Crippen LogP contribution is 2.23. The van der Waals surface area contributed by atoms with Crippen LogP contribution in [0.2, 0.25) is 0 Å². The molecule has 2 unspecified atom stereocenters. The van der Waals surface area contributed by atoms with Gasteiger partial charge in [0.15, 0.2) is 0 Å². The van der Waals surface area contributed by atoms with Gasteiger partial charge in [0.05, 0.1) is 12.6 Å². The summed E-state index contributed by atoms with van der Waals surface area (Å²) in [6.07, 6.45) is 8.06. The van der Waals surface area contributed by atoms with Crippen LogP contribution in [0.3, 0.4) is 0 Å². The van der Waals surface area contributed by atoms with Crippen LogP contribution in [-0.2, 0) is 9.53 Å². The fraction of sp³-hybridized carbons (Fsp3) is 0.750. The zero-order chi connectivity index (χ0) is 11.3. The van der Waals surface area contributed by atoms with Crippen LogP contribution in [0.15, 0.2) is 0 Å². The fourth-order valence-corrected chi connectivity index (χ4v) is 1.92. The van der Waals surface area contributed by atoms with Gasteiger partial charge in [-0.25, -0.2) is 0 Å². The quantitative estimate of drug-likeness (QED) is 0.655. The Bertz CT molecular complexity index is 257. The Hall–Kier alpha value is -1.01. The maximum Gasteiger partial charge on any atom is 0.226 e. The van der Waals surface area contributed by atoms with Crippen LogP contribution in [-0.4, -0.2) is 37.1 Å². The molecule has 84 valence electrons. The van der Waals surface area contributed by atoms with E-state index in [9.17, 15) is 4.79 Å². The molecule has 0 spiro atoms. The van der Waals surface area contributed by atoms with Crippen LogP contribution in [0.5, 0.6) is 0 Å². The van der Waals surface area contributed by atoms with Gasteiger partial charge < -0.3 is 9.64 Å². The molecule has 0 aliphatic carbocycles. The van der Waals surface area contributed by atoms with Crippen molar-refractivity contribution in [1.82, 2.24) is 4.90 Å². The summed E-state index contributed by atoms with van der Waals surface area (Å²) in [6.45, 7) is 3.18. The molecule has 1 amide bonds. The molecule has 0 N–H and O–H groups in total. The molecule has 15 heavy (non-hydrogen) atoms. The molecule has 0 radical (unpaired) electrons. The lowest BCUT2D eigenvalue weighted by Gasteiger charge is -2.30. The van der Waals surface area contributed by atoms with Crippen molar-refractivity contribution in [3.8, 4) is 12.3 Å². The molecule has 0 aromatic carbocycles. The molecular formula is C12H19NO2. The predicted octanol–water partition coefficient (Wildman–Crippen LogP) is 1.28. The highest BCUT2D eigenvalue weighted by atomic mass is 16.5. The largest absolute Gasteiger partial charge is 0.378 e. The van der Waals surface area contributed by atoms with Crippen LogP contribution >= 0.6 is 0 Å². The zero-order valence-corrected chi connectivity index (χ0v) is 9.53. The second-order valence-corrected chi connectivity index (χ2v) is 4.02. The van der Waals surface area contributed by atoms with Gasteiger partial charge in [-0.05, 0) is 19.3 Å². The number of terminal acetylenes is 1. The van der Waals surface area contributed by atoms with Crippen LogP contribution in [0.25, 0.3) is 0 Å². The monoisotopic (exact) mass is 209 g/mol. The number of carbonyl (C=O) groups excluding carboxylic acids is 1. The van der Waals surface area contributed by atoms with E-state index in [2.05, 4.69) is 12.8 Å². The topological polar surface area (TPSA) is 29.5 Å². The van der Waals surface area contributed by atoms with E-state index in [4.69, 9.17) is 11.2 Å². The maximum absolute atomic E-state index is 11.9. The molecule has 1 heterocycles. The van der Waals surface area contributed by atoms with Gasteiger partial charge in [-0.2, -0.15) is 0 Å². The van der Waals surface area contributed by atoms with Crippen molar-refractivity contribution in [2.75, 3.05) is 20.2 Å². The van der Waals surface area contributed by atoms with E-state index in [-0.39, 0.29) is 17.9 Å². The Morgan fingerprint density at radius 2 is 2.40 bits per heavy atom. The lowest BCUT2D eigenvalue weighted by atomic mass is 9.93. The number of nitrogens with zero attached hydrogens (tertiary/aromatic N) is 1. The fourth-order valence-electron chi connectivity index (χ4n) is 1.92. The molecule has 1 rings (SSSR count). The van der Waals surface area contributed by atoms with Crippen molar-refractivity contribution in [3.05, 3.63) is 0 Å². The molecule has 1 fully saturated rings. The molecule has 1 aliphatic heterocycles. The molecule has 0 saturated carbocycles. The number of amides is 1. The first-order chi connectivity index (χ1) is 7.19. The minimum absolute atomic E-state index is 0.0991. The first-order valence-electron chi connectivity index (χ1n) is 5.49. The average Bonchev–Trinajstić information content (AvgIpc) is 2.28. The van der Waals surface area contributed by atoms with Crippen LogP contribution in [0.1, 0.15) is 26.2 Å². The first-order valence-corrected chi connectivity index (χ1v) is 5.49. The molecule has 0 aromatic rings. The molecule has 2 atom stereocenters. The molecule has 0 bridgehead atoms. The third kappa shape index (κ3) is 3.24. The van der Waals surface area contributed by atoms with Crippen LogP contribution < -0.4 is 0 Å². The minimum Gasteiger partial charge on any atom is -0.378 e. The lowest BCUT2D eigenvalue weighted by Crippen LogP contribution is -2.38. The number of hydrogen-bond donors (Lipinski definition) is 0. The summed E-state index contributed by atoms with van der Waals surface area (Å²) in [7, 11) is 1.76. The number of carbonyl (C=O) groups is 1. The summed E-state index contributed by atoms with van der Waals surface area (Å²) >= 11 is 0. The Kier molecular flexibility index (Phi) is 4.64. The van der Waals surface area contributed by atoms with E-state index < -0.39 is 0 Å². The van der Waals surface area contributed by atoms with E-state index in [1.54, 1.807) is 11.9 Å². The SMILES string of the molecule is C#CCN(C)C(=O)C1CCOC(CC)C1. The summed E-state index contributed by atoms with van der Waals surface area (Å²) in [5.41, 5.74) is 0. The maximum atomic E-state index is 11.9. The number of hydrogen-bond acceptors (Lipinski definition) is 2. The Labute approximate surface area is 91.8 Å². The Balaban J connectivity index is 2.49. The lowest BCUT2D eigenvalue weighted by molar-refractivity contribution is -0.138. The summed E-state index contributed by atoms with van der Waals surface area (Å²) < 4.78 is 5.54. The Morgan fingerprint density at radius 1 is 1.67 bits per heavy atom. The minimum atomic E-state index is 0.0991. The molecular weight excluding hydrogens is 190 g/mol. The van der Waals surface area contributed by atoms with E-state index in [1.165, 1.54) is 0 Å². The van der Waals surface area contributed by atoms with Gasteiger partial charge in [-0.15, -0.1) is 6.42 Å². The zero-order valence-electron chi connectivity index (χ0n) is 9.53. The summed E-state index contributed by atoms with van der Waals surface area (Å²) in [6, 6.07) is 0. The first kappa shape index (κ1) is 12.1. The van der Waals surface area contributed by atoms with Gasteiger partial charge in [0.1, 0.15) is 0 Å². The summed E-state index contributed by atoms with van der Waals surface area (Å²) in [5, 5.41) is 0. The highest BCUT2D eigenvalue weighted by molar-refractivity contribution is 5.78. The third-order valence-electron chi connectivity index (χ3n) is 2.88. The Morgan fingerprint density at radius 3 is 3.00 bits per heavy atom. The normalized spacial score (nSPS) is 25.7. The van der Waals surface area contributed by atoms with E-state index in [1.807, 2.05) is 0 Å². The molecule has 0 aromatic heterocycles. The highest BCUT2D eigenvalue weighted by Gasteiger charge is 2.28. The molecule has 1 aliphatic rings. The third-order valence-corrected chi connectivity index (χ3v) is 2.88. The van der Waals surface area contributed by atoms with E-state index in [0.717, 1.165) is 19.3 Å². The second kappa shape index (κ2) is 5.77. The molecule has 3 nitrogen and oxygen atoms in total. The van der Waals surface area contributed by atoms with Gasteiger partial charge in [0.2, 0.25) is 5.91 Å². The van der Waals surface area contributed by atoms with Gasteiger partial charge in [-0.3, -0.25) is 4.79 Å². The number of rotatable bonds is 3. The summed E-state index contributed by atoms with van der Waals surface area (Å²) in [5.74, 6) is 2.75. The predicted molar refractivity (Wildman–Crippen MR) is 59.2 cm³/mol. The van der Waals surface area contributed by atoms with Crippen molar-refractivity contribution in [1.29, 1.82) is 0 Å². The second-order valence-electron chi connectivity index (χ2n) is 4.02. The molecule has 3 heteroatoms. The average molecular weight is 209 g/mol. The van der Waals surface area contributed by atoms with Crippen molar-refractivity contribution in [2.24, 2.45) is 5.92 Å². The van der Waals surface area contributed by atoms with E-state index in [0.29, 0.717) is 13.2 Å². The number of ether oxygens (including phenoxy) is 1. The standard InChI is InChI=1S/C12H19NO2/c1-4-7-13(3)12(14)10-6-8-15-11(5-2)9-10/h1,10-11H,5-9H2,2-3H3. The van der Waals surface area contributed by atoms with E-state index >= 15 is 0 Å². The smallest absolute Gasteiger partial charge is 0.226 e. The van der Waals surface area contributed by atoms with Gasteiger partial charge >= 0.3 is 0 Å². The van der Waals surface area contributed by atoms with Crippen molar-refractivity contribution in [3.63, 3.8) is 0 Å². The van der Waals surface area contributed by atoms with Crippen molar-refractivity contribution >= 4 is 5.91 Å². The van der Waals surface area contributed by atoms with Crippen molar-refractivity contribution < 1.29 is 9.53 Å². The van der Waals surface area contributed by atoms with Crippen LogP contribution in [0, 0.1) is 18.3 Å². The molecule has 1 saturated heterocycles.